The first kappa shape index (κ1) is 17.3. The zero-order chi connectivity index (χ0) is 17.1. The number of hydrazone groups is 1. The number of nitriles is 1. The first-order chi connectivity index (χ1) is 11.6. The standard InChI is InChI=1S/C15H12IN5OS2/c1-2-21-12-7-18-19-14(22)13(12)24-15(20-21)23-8-9-3-4-11(16)5-10(9)6-17/h3-5,7H,2,8H2,1H3,(H,19,22). The third kappa shape index (κ3) is 3.60. The molecule has 0 spiro atoms. The third-order valence-electron chi connectivity index (χ3n) is 3.30. The summed E-state index contributed by atoms with van der Waals surface area (Å²) >= 11 is 5.06. The summed E-state index contributed by atoms with van der Waals surface area (Å²) in [5, 5.41) is 21.9. The van der Waals surface area contributed by atoms with Gasteiger partial charge in [0.1, 0.15) is 4.90 Å². The molecule has 1 aromatic carbocycles. The van der Waals surface area contributed by atoms with E-state index in [2.05, 4.69) is 44.0 Å². The van der Waals surface area contributed by atoms with Crippen molar-refractivity contribution in [1.82, 2.24) is 10.2 Å². The minimum Gasteiger partial charge on any atom is -0.267 e. The second-order valence-electron chi connectivity index (χ2n) is 4.80. The lowest BCUT2D eigenvalue weighted by atomic mass is 10.1. The molecule has 0 aliphatic carbocycles. The lowest BCUT2D eigenvalue weighted by Gasteiger charge is -2.24. The fourth-order valence-electron chi connectivity index (χ4n) is 2.14. The number of rotatable bonds is 3. The van der Waals surface area contributed by atoms with E-state index < -0.39 is 0 Å². The summed E-state index contributed by atoms with van der Waals surface area (Å²) in [6.07, 6.45) is 1.62. The van der Waals surface area contributed by atoms with Crippen molar-refractivity contribution in [2.24, 2.45) is 5.10 Å². The predicted molar refractivity (Wildman–Crippen MR) is 106 cm³/mol. The van der Waals surface area contributed by atoms with Crippen LogP contribution in [0.5, 0.6) is 0 Å². The van der Waals surface area contributed by atoms with Gasteiger partial charge in [0.15, 0.2) is 4.38 Å². The molecule has 3 rings (SSSR count). The Morgan fingerprint density at radius 1 is 1.50 bits per heavy atom. The van der Waals surface area contributed by atoms with Gasteiger partial charge < -0.3 is 0 Å². The van der Waals surface area contributed by atoms with Crippen LogP contribution in [0.4, 0.5) is 5.69 Å². The molecule has 2 heterocycles. The molecule has 24 heavy (non-hydrogen) atoms. The lowest BCUT2D eigenvalue weighted by molar-refractivity contribution is 0.843. The van der Waals surface area contributed by atoms with Crippen molar-refractivity contribution in [3.8, 4) is 6.07 Å². The summed E-state index contributed by atoms with van der Waals surface area (Å²) in [5.74, 6) is 0.627. The summed E-state index contributed by atoms with van der Waals surface area (Å²) in [5.41, 5.74) is 2.15. The fourth-order valence-corrected chi connectivity index (χ4v) is 4.69. The zero-order valence-electron chi connectivity index (χ0n) is 12.6. The molecule has 0 atom stereocenters. The minimum absolute atomic E-state index is 0.212. The molecule has 0 saturated heterocycles. The second kappa shape index (κ2) is 7.58. The normalized spacial score (nSPS) is 13.2. The largest absolute Gasteiger partial charge is 0.280 e. The van der Waals surface area contributed by atoms with E-state index in [1.54, 1.807) is 11.2 Å². The molecule has 0 fully saturated rings. The van der Waals surface area contributed by atoms with E-state index in [0.717, 1.165) is 19.2 Å². The van der Waals surface area contributed by atoms with Gasteiger partial charge in [0.25, 0.3) is 5.56 Å². The maximum Gasteiger partial charge on any atom is 0.280 e. The van der Waals surface area contributed by atoms with Crippen LogP contribution >= 0.6 is 46.1 Å². The number of H-pyrrole nitrogens is 1. The Balaban J connectivity index is 1.82. The van der Waals surface area contributed by atoms with Crippen molar-refractivity contribution in [3.63, 3.8) is 0 Å². The molecule has 0 radical (unpaired) electrons. The van der Waals surface area contributed by atoms with Gasteiger partial charge in [-0.2, -0.15) is 15.5 Å². The van der Waals surface area contributed by atoms with Crippen molar-refractivity contribution in [2.45, 2.75) is 17.6 Å². The average Bonchev–Trinajstić information content (AvgIpc) is 2.60. The topological polar surface area (TPSA) is 85.1 Å². The molecular weight excluding hydrogens is 457 g/mol. The smallest absolute Gasteiger partial charge is 0.267 e. The van der Waals surface area contributed by atoms with Crippen molar-refractivity contribution in [2.75, 3.05) is 11.6 Å². The number of halogens is 1. The van der Waals surface area contributed by atoms with Gasteiger partial charge in [-0.1, -0.05) is 29.6 Å². The molecule has 0 bridgehead atoms. The monoisotopic (exact) mass is 469 g/mol. The van der Waals surface area contributed by atoms with Gasteiger partial charge >= 0.3 is 0 Å². The van der Waals surface area contributed by atoms with Crippen molar-refractivity contribution in [1.29, 1.82) is 5.26 Å². The molecule has 122 valence electrons. The number of hydrogen-bond donors (Lipinski definition) is 1. The summed E-state index contributed by atoms with van der Waals surface area (Å²) < 4.78 is 1.82. The molecule has 1 aliphatic rings. The van der Waals surface area contributed by atoms with Gasteiger partial charge in [0.2, 0.25) is 0 Å². The number of fused-ring (bicyclic) bond motifs is 1. The van der Waals surface area contributed by atoms with Gasteiger partial charge in [-0.15, -0.1) is 0 Å². The van der Waals surface area contributed by atoms with E-state index in [1.165, 1.54) is 23.5 Å². The van der Waals surface area contributed by atoms with Crippen molar-refractivity contribution in [3.05, 3.63) is 49.4 Å². The zero-order valence-corrected chi connectivity index (χ0v) is 16.4. The number of thioether (sulfide) groups is 2. The highest BCUT2D eigenvalue weighted by molar-refractivity contribution is 14.1. The van der Waals surface area contributed by atoms with Gasteiger partial charge in [0.05, 0.1) is 23.5 Å². The van der Waals surface area contributed by atoms with Crippen LogP contribution in [0.25, 0.3) is 0 Å². The lowest BCUT2D eigenvalue weighted by Crippen LogP contribution is -2.25. The number of benzene rings is 1. The van der Waals surface area contributed by atoms with E-state index in [1.807, 2.05) is 25.1 Å². The molecule has 0 saturated carbocycles. The van der Waals surface area contributed by atoms with Gasteiger partial charge in [-0.3, -0.25) is 9.80 Å². The van der Waals surface area contributed by atoms with Crippen LogP contribution in [0.1, 0.15) is 18.1 Å². The molecule has 0 amide bonds. The van der Waals surface area contributed by atoms with Gasteiger partial charge in [0, 0.05) is 15.9 Å². The van der Waals surface area contributed by atoms with Crippen LogP contribution in [0.15, 0.2) is 39.2 Å². The molecule has 6 nitrogen and oxygen atoms in total. The number of aromatic nitrogens is 2. The van der Waals surface area contributed by atoms with Gasteiger partial charge in [-0.05, 0) is 47.2 Å². The maximum atomic E-state index is 12.0. The summed E-state index contributed by atoms with van der Waals surface area (Å²) in [7, 11) is 0. The summed E-state index contributed by atoms with van der Waals surface area (Å²) in [4.78, 5) is 12.6. The minimum atomic E-state index is -0.212. The van der Waals surface area contributed by atoms with Crippen LogP contribution in [0.3, 0.4) is 0 Å². The van der Waals surface area contributed by atoms with Crippen molar-refractivity contribution >= 4 is 56.2 Å². The Morgan fingerprint density at radius 3 is 3.08 bits per heavy atom. The van der Waals surface area contributed by atoms with Crippen molar-refractivity contribution < 1.29 is 0 Å². The Morgan fingerprint density at radius 2 is 2.33 bits per heavy atom. The Hall–Kier alpha value is -1.51. The van der Waals surface area contributed by atoms with E-state index in [4.69, 9.17) is 0 Å². The van der Waals surface area contributed by atoms with Crippen LogP contribution in [-0.2, 0) is 5.75 Å². The highest BCUT2D eigenvalue weighted by Crippen LogP contribution is 2.37. The van der Waals surface area contributed by atoms with Crippen LogP contribution in [0, 0.1) is 14.9 Å². The maximum absolute atomic E-state index is 12.0. The Bertz CT molecular complexity index is 905. The van der Waals surface area contributed by atoms with Gasteiger partial charge in [-0.25, -0.2) is 5.10 Å². The third-order valence-corrected chi connectivity index (χ3v) is 6.22. The Labute approximate surface area is 160 Å². The fraction of sp³-hybridized carbons (Fsp3) is 0.200. The summed E-state index contributed by atoms with van der Waals surface area (Å²) in [6, 6.07) is 8.05. The Kier molecular flexibility index (Phi) is 5.47. The summed E-state index contributed by atoms with van der Waals surface area (Å²) in [6.45, 7) is 2.62. The average molecular weight is 469 g/mol. The molecule has 9 heteroatoms. The number of nitrogens with zero attached hydrogens (tertiary/aromatic N) is 4. The molecule has 2 aromatic rings. The first-order valence-corrected chi connectivity index (χ1v) is 9.93. The SMILES string of the molecule is CCN1N=C(SCc2ccc(I)cc2C#N)Sc2c1cn[nH]c2=O. The van der Waals surface area contributed by atoms with E-state index in [9.17, 15) is 10.1 Å². The van der Waals surface area contributed by atoms with Crippen LogP contribution in [0.2, 0.25) is 0 Å². The molecule has 1 N–H and O–H groups in total. The highest BCUT2D eigenvalue weighted by Gasteiger charge is 2.22. The highest BCUT2D eigenvalue weighted by atomic mass is 127. The molecule has 0 unspecified atom stereocenters. The molecule has 1 aliphatic heterocycles. The van der Waals surface area contributed by atoms with Crippen LogP contribution in [-0.4, -0.2) is 21.1 Å². The second-order valence-corrected chi connectivity index (χ2v) is 8.27. The number of hydrogen-bond acceptors (Lipinski definition) is 7. The number of anilines is 1. The van der Waals surface area contributed by atoms with E-state index in [-0.39, 0.29) is 5.56 Å². The number of aromatic amines is 1. The number of nitrogens with one attached hydrogen (secondary N) is 1. The van der Waals surface area contributed by atoms with Crippen LogP contribution < -0.4 is 10.6 Å². The quantitative estimate of drug-likeness (QED) is 0.694. The van der Waals surface area contributed by atoms with E-state index >= 15 is 0 Å². The predicted octanol–water partition coefficient (Wildman–Crippen LogP) is 3.38. The van der Waals surface area contributed by atoms with E-state index in [0.29, 0.717) is 22.8 Å². The molecule has 1 aromatic heterocycles. The first-order valence-electron chi connectivity index (χ1n) is 7.05. The molecular formula is C15H12IN5OS2.